The van der Waals surface area contributed by atoms with Gasteiger partial charge in [0.15, 0.2) is 5.69 Å². The third kappa shape index (κ3) is 4.67. The molecule has 0 bridgehead atoms. The number of alkyl halides is 6. The second-order valence-electron chi connectivity index (χ2n) is 5.56. The zero-order valence-electron chi connectivity index (χ0n) is 13.7. The highest BCUT2D eigenvalue weighted by Crippen LogP contribution is 2.37. The standard InChI is InChI=1S/C16H7Br2F6N3OS/c17-12-9(6-29-13(12)18)14(28)25-7-1-3-8(4-2-7)27-11(16(22,23)24)5-10(26-27)15(19,20)21/h1-6H,(H,25,28). The van der Waals surface area contributed by atoms with Crippen molar-refractivity contribution in [2.45, 2.75) is 12.4 Å². The molecular weight excluding hydrogens is 556 g/mol. The molecule has 0 saturated carbocycles. The van der Waals surface area contributed by atoms with Gasteiger partial charge in [-0.05, 0) is 56.1 Å². The summed E-state index contributed by atoms with van der Waals surface area (Å²) in [4.78, 5) is 12.3. The van der Waals surface area contributed by atoms with Crippen molar-refractivity contribution in [1.29, 1.82) is 0 Å². The van der Waals surface area contributed by atoms with E-state index in [4.69, 9.17) is 0 Å². The van der Waals surface area contributed by atoms with Crippen LogP contribution in [0.5, 0.6) is 0 Å². The Kier molecular flexibility index (Phi) is 5.84. The van der Waals surface area contributed by atoms with Gasteiger partial charge in [0.05, 0.1) is 19.5 Å². The molecular formula is C16H7Br2F6N3OS. The molecule has 2 heterocycles. The van der Waals surface area contributed by atoms with Gasteiger partial charge in [-0.1, -0.05) is 0 Å². The summed E-state index contributed by atoms with van der Waals surface area (Å²) in [6.07, 6.45) is -10.1. The first-order valence-electron chi connectivity index (χ1n) is 7.46. The minimum atomic E-state index is -5.04. The van der Waals surface area contributed by atoms with Gasteiger partial charge >= 0.3 is 12.4 Å². The lowest BCUT2D eigenvalue weighted by Crippen LogP contribution is -2.14. The van der Waals surface area contributed by atoms with Crippen LogP contribution in [0.3, 0.4) is 0 Å². The average Bonchev–Trinajstić information content (AvgIpc) is 3.20. The number of hydrogen-bond acceptors (Lipinski definition) is 3. The van der Waals surface area contributed by atoms with Gasteiger partial charge in [0.2, 0.25) is 0 Å². The van der Waals surface area contributed by atoms with Crippen LogP contribution in [-0.4, -0.2) is 15.7 Å². The Morgan fingerprint density at radius 1 is 1.03 bits per heavy atom. The highest BCUT2D eigenvalue weighted by molar-refractivity contribution is 9.13. The Morgan fingerprint density at radius 3 is 2.14 bits per heavy atom. The summed E-state index contributed by atoms with van der Waals surface area (Å²) in [5.74, 6) is -0.471. The first-order valence-corrected chi connectivity index (χ1v) is 9.93. The molecule has 0 aliphatic heterocycles. The van der Waals surface area contributed by atoms with Crippen LogP contribution in [0.2, 0.25) is 0 Å². The predicted octanol–water partition coefficient (Wildman–Crippen LogP) is 6.75. The van der Waals surface area contributed by atoms with E-state index in [1.807, 2.05) is 0 Å². The fraction of sp³-hybridized carbons (Fsp3) is 0.125. The molecule has 4 nitrogen and oxygen atoms in total. The van der Waals surface area contributed by atoms with Gasteiger partial charge in [0.1, 0.15) is 5.69 Å². The molecule has 0 atom stereocenters. The Balaban J connectivity index is 1.89. The lowest BCUT2D eigenvalue weighted by molar-refractivity contribution is -0.143. The van der Waals surface area contributed by atoms with Gasteiger partial charge < -0.3 is 5.32 Å². The van der Waals surface area contributed by atoms with Crippen LogP contribution >= 0.6 is 43.2 Å². The first-order chi connectivity index (χ1) is 13.4. The van der Waals surface area contributed by atoms with Gasteiger partial charge in [-0.3, -0.25) is 4.79 Å². The molecule has 0 unspecified atom stereocenters. The summed E-state index contributed by atoms with van der Waals surface area (Å²) in [6, 6.07) is 4.71. The fourth-order valence-electron chi connectivity index (χ4n) is 2.28. The van der Waals surface area contributed by atoms with Crippen molar-refractivity contribution in [3.8, 4) is 5.69 Å². The van der Waals surface area contributed by atoms with Crippen LogP contribution < -0.4 is 5.32 Å². The van der Waals surface area contributed by atoms with Crippen molar-refractivity contribution in [3.63, 3.8) is 0 Å². The maximum absolute atomic E-state index is 13.1. The van der Waals surface area contributed by atoms with E-state index in [1.165, 1.54) is 23.5 Å². The molecule has 0 aliphatic rings. The van der Waals surface area contributed by atoms with Crippen LogP contribution in [0.15, 0.2) is 44.0 Å². The third-order valence-corrected chi connectivity index (χ3v) is 6.93. The van der Waals surface area contributed by atoms with Crippen molar-refractivity contribution < 1.29 is 31.1 Å². The van der Waals surface area contributed by atoms with Crippen LogP contribution in [0, 0.1) is 0 Å². The summed E-state index contributed by atoms with van der Waals surface area (Å²) >= 11 is 7.77. The number of nitrogens with one attached hydrogen (secondary N) is 1. The van der Waals surface area contributed by atoms with E-state index in [0.29, 0.717) is 13.8 Å². The molecule has 0 radical (unpaired) electrons. The Labute approximate surface area is 179 Å². The number of anilines is 1. The summed E-state index contributed by atoms with van der Waals surface area (Å²) in [6.45, 7) is 0. The summed E-state index contributed by atoms with van der Waals surface area (Å²) < 4.78 is 79.2. The second-order valence-corrected chi connectivity index (χ2v) is 8.55. The number of carbonyl (C=O) groups excluding carboxylic acids is 1. The highest BCUT2D eigenvalue weighted by atomic mass is 79.9. The number of aromatic nitrogens is 2. The third-order valence-electron chi connectivity index (χ3n) is 3.59. The Bertz CT molecular complexity index is 1060. The van der Waals surface area contributed by atoms with E-state index in [0.717, 1.165) is 12.1 Å². The summed E-state index contributed by atoms with van der Waals surface area (Å²) in [7, 11) is 0. The molecule has 13 heteroatoms. The van der Waals surface area contributed by atoms with Crippen molar-refractivity contribution in [1.82, 2.24) is 9.78 Å². The van der Waals surface area contributed by atoms with E-state index < -0.39 is 29.6 Å². The molecule has 3 aromatic rings. The number of rotatable bonds is 3. The lowest BCUT2D eigenvalue weighted by Gasteiger charge is -2.11. The van der Waals surface area contributed by atoms with Crippen LogP contribution in [0.4, 0.5) is 32.0 Å². The Morgan fingerprint density at radius 2 is 1.66 bits per heavy atom. The quantitative estimate of drug-likeness (QED) is 0.359. The van der Waals surface area contributed by atoms with Gasteiger partial charge in [0.25, 0.3) is 5.91 Å². The van der Waals surface area contributed by atoms with Crippen molar-refractivity contribution in [2.75, 3.05) is 5.32 Å². The average molecular weight is 563 g/mol. The Hall–Kier alpha value is -1.86. The monoisotopic (exact) mass is 561 g/mol. The number of amides is 1. The highest BCUT2D eigenvalue weighted by Gasteiger charge is 2.42. The first kappa shape index (κ1) is 21.8. The van der Waals surface area contributed by atoms with Crippen molar-refractivity contribution >= 4 is 54.8 Å². The van der Waals surface area contributed by atoms with Gasteiger partial charge in [-0.2, -0.15) is 31.4 Å². The van der Waals surface area contributed by atoms with Crippen molar-refractivity contribution in [2.24, 2.45) is 0 Å². The van der Waals surface area contributed by atoms with Crippen LogP contribution in [-0.2, 0) is 12.4 Å². The normalized spacial score (nSPS) is 12.3. The zero-order valence-corrected chi connectivity index (χ0v) is 17.7. The number of hydrogen-bond donors (Lipinski definition) is 1. The maximum atomic E-state index is 13.1. The molecule has 1 N–H and O–H groups in total. The molecule has 1 aromatic carbocycles. The molecule has 0 saturated heterocycles. The maximum Gasteiger partial charge on any atom is 0.435 e. The number of benzene rings is 1. The van der Waals surface area contributed by atoms with Crippen molar-refractivity contribution in [3.05, 3.63) is 60.9 Å². The van der Waals surface area contributed by atoms with Gasteiger partial charge in [-0.25, -0.2) is 4.68 Å². The lowest BCUT2D eigenvalue weighted by atomic mass is 10.2. The zero-order chi connectivity index (χ0) is 21.6. The summed E-state index contributed by atoms with van der Waals surface area (Å²) in [5, 5.41) is 7.19. The number of nitrogens with zero attached hydrogens (tertiary/aromatic N) is 2. The molecule has 29 heavy (non-hydrogen) atoms. The minimum Gasteiger partial charge on any atom is -0.322 e. The van der Waals surface area contributed by atoms with E-state index in [2.05, 4.69) is 42.3 Å². The van der Waals surface area contributed by atoms with Crippen LogP contribution in [0.1, 0.15) is 21.7 Å². The second kappa shape index (κ2) is 7.76. The van der Waals surface area contributed by atoms with E-state index >= 15 is 0 Å². The summed E-state index contributed by atoms with van der Waals surface area (Å²) in [5.41, 5.74) is -2.88. The number of thiophene rings is 1. The molecule has 0 fully saturated rings. The molecule has 0 aliphatic carbocycles. The molecule has 2 aromatic heterocycles. The van der Waals surface area contributed by atoms with Gasteiger partial charge in [-0.15, -0.1) is 11.3 Å². The van der Waals surface area contributed by atoms with E-state index in [9.17, 15) is 31.1 Å². The topological polar surface area (TPSA) is 46.9 Å². The number of halogens is 8. The largest absolute Gasteiger partial charge is 0.435 e. The van der Waals surface area contributed by atoms with Gasteiger partial charge in [0, 0.05) is 17.1 Å². The minimum absolute atomic E-state index is 0.0539. The number of carbonyl (C=O) groups is 1. The molecule has 3 rings (SSSR count). The van der Waals surface area contributed by atoms with Crippen LogP contribution in [0.25, 0.3) is 5.69 Å². The molecule has 154 valence electrons. The smallest absolute Gasteiger partial charge is 0.322 e. The SMILES string of the molecule is O=C(Nc1ccc(-n2nc(C(F)(F)F)cc2C(F)(F)F)cc1)c1csc(Br)c1Br. The fourth-order valence-corrected chi connectivity index (χ4v) is 4.16. The van der Waals surface area contributed by atoms with E-state index in [-0.39, 0.29) is 22.1 Å². The predicted molar refractivity (Wildman–Crippen MR) is 101 cm³/mol. The van der Waals surface area contributed by atoms with E-state index in [1.54, 1.807) is 5.38 Å². The molecule has 0 spiro atoms. The molecule has 1 amide bonds.